The monoisotopic (exact) mass is 400 g/mol. The fourth-order valence-electron chi connectivity index (χ4n) is 2.76. The summed E-state index contributed by atoms with van der Waals surface area (Å²) in [6.07, 6.45) is 3.28. The number of aliphatic imine (C=N–C) groups is 1. The minimum absolute atomic E-state index is 0.0915. The summed E-state index contributed by atoms with van der Waals surface area (Å²) in [5, 5.41) is 9.36. The summed E-state index contributed by atoms with van der Waals surface area (Å²) in [6.45, 7) is 6.64. The standard InChI is InChI=1S/C22H32N4O3/c1-17-11-16-29-20(17)21(27)24-12-7-13-25-22(23-3)26-14-8-15-28-18(2)19-9-5-4-6-10-19/h4-6,9-11,16,18H,7-8,12-15H2,1-3H3,(H,24,27)(H2,23,25,26). The van der Waals surface area contributed by atoms with Crippen LogP contribution in [0.4, 0.5) is 0 Å². The fraction of sp³-hybridized carbons (Fsp3) is 0.455. The number of carbonyl (C=O) groups is 1. The highest BCUT2D eigenvalue weighted by molar-refractivity contribution is 5.92. The molecule has 0 radical (unpaired) electrons. The largest absolute Gasteiger partial charge is 0.459 e. The lowest BCUT2D eigenvalue weighted by Gasteiger charge is -2.15. The van der Waals surface area contributed by atoms with E-state index in [1.165, 1.54) is 11.8 Å². The van der Waals surface area contributed by atoms with Gasteiger partial charge in [0.15, 0.2) is 11.7 Å². The number of furan rings is 1. The summed E-state index contributed by atoms with van der Waals surface area (Å²) in [5.41, 5.74) is 2.03. The number of hydrogen-bond donors (Lipinski definition) is 3. The minimum Gasteiger partial charge on any atom is -0.459 e. The molecule has 2 rings (SSSR count). The molecule has 7 heteroatoms. The van der Waals surface area contributed by atoms with Crippen molar-refractivity contribution in [1.29, 1.82) is 0 Å². The minimum atomic E-state index is -0.181. The molecule has 29 heavy (non-hydrogen) atoms. The molecule has 1 atom stereocenters. The maximum atomic E-state index is 11.9. The van der Waals surface area contributed by atoms with Crippen molar-refractivity contribution in [2.75, 3.05) is 33.3 Å². The van der Waals surface area contributed by atoms with Gasteiger partial charge in [0.1, 0.15) is 0 Å². The molecule has 0 bridgehead atoms. The number of carbonyl (C=O) groups excluding carboxylic acids is 1. The van der Waals surface area contributed by atoms with Crippen LogP contribution in [-0.2, 0) is 4.74 Å². The van der Waals surface area contributed by atoms with E-state index < -0.39 is 0 Å². The molecule has 0 saturated heterocycles. The maximum Gasteiger partial charge on any atom is 0.287 e. The lowest BCUT2D eigenvalue weighted by molar-refractivity contribution is 0.0646. The lowest BCUT2D eigenvalue weighted by Crippen LogP contribution is -2.39. The topological polar surface area (TPSA) is 87.9 Å². The fourth-order valence-corrected chi connectivity index (χ4v) is 2.76. The SMILES string of the molecule is CN=C(NCCCNC(=O)c1occc1C)NCCCOC(C)c1ccccc1. The molecule has 0 aliphatic heterocycles. The second-order valence-corrected chi connectivity index (χ2v) is 6.75. The van der Waals surface area contributed by atoms with Crippen LogP contribution in [0.1, 0.15) is 47.6 Å². The Morgan fingerprint density at radius 1 is 1.07 bits per heavy atom. The number of ether oxygens (including phenoxy) is 1. The normalized spacial score (nSPS) is 12.4. The first kappa shape index (κ1) is 22.5. The number of hydrogen-bond acceptors (Lipinski definition) is 4. The first-order chi connectivity index (χ1) is 14.1. The molecular formula is C22H32N4O3. The summed E-state index contributed by atoms with van der Waals surface area (Å²) >= 11 is 0. The van der Waals surface area contributed by atoms with Crippen LogP contribution in [-0.4, -0.2) is 45.2 Å². The molecule has 1 heterocycles. The third-order valence-corrected chi connectivity index (χ3v) is 4.47. The number of nitrogens with one attached hydrogen (secondary N) is 3. The smallest absolute Gasteiger partial charge is 0.287 e. The second-order valence-electron chi connectivity index (χ2n) is 6.75. The Balaban J connectivity index is 1.52. The van der Waals surface area contributed by atoms with Crippen molar-refractivity contribution >= 4 is 11.9 Å². The molecule has 1 amide bonds. The van der Waals surface area contributed by atoms with E-state index in [4.69, 9.17) is 9.15 Å². The first-order valence-corrected chi connectivity index (χ1v) is 10.0. The van der Waals surface area contributed by atoms with E-state index in [0.29, 0.717) is 25.5 Å². The molecule has 158 valence electrons. The van der Waals surface area contributed by atoms with Gasteiger partial charge in [0.25, 0.3) is 5.91 Å². The van der Waals surface area contributed by atoms with Gasteiger partial charge < -0.3 is 25.1 Å². The number of nitrogens with zero attached hydrogens (tertiary/aromatic N) is 1. The van der Waals surface area contributed by atoms with Crippen LogP contribution in [0.3, 0.4) is 0 Å². The summed E-state index contributed by atoms with van der Waals surface area (Å²) in [5.74, 6) is 0.938. The van der Waals surface area contributed by atoms with Gasteiger partial charge in [-0.2, -0.15) is 0 Å². The van der Waals surface area contributed by atoms with Crippen LogP contribution < -0.4 is 16.0 Å². The first-order valence-electron chi connectivity index (χ1n) is 10.0. The van der Waals surface area contributed by atoms with E-state index in [-0.39, 0.29) is 12.0 Å². The van der Waals surface area contributed by atoms with Crippen molar-refractivity contribution in [3.8, 4) is 0 Å². The summed E-state index contributed by atoms with van der Waals surface area (Å²) in [7, 11) is 1.74. The molecule has 0 spiro atoms. The summed E-state index contributed by atoms with van der Waals surface area (Å²) in [4.78, 5) is 16.2. The maximum absolute atomic E-state index is 11.9. The van der Waals surface area contributed by atoms with E-state index in [2.05, 4.69) is 40.0 Å². The van der Waals surface area contributed by atoms with Gasteiger partial charge >= 0.3 is 0 Å². The average Bonchev–Trinajstić information content (AvgIpc) is 3.18. The highest BCUT2D eigenvalue weighted by atomic mass is 16.5. The Hall–Kier alpha value is -2.80. The van der Waals surface area contributed by atoms with Crippen LogP contribution >= 0.6 is 0 Å². The molecule has 7 nitrogen and oxygen atoms in total. The van der Waals surface area contributed by atoms with Gasteiger partial charge in [-0.25, -0.2) is 0 Å². The van der Waals surface area contributed by atoms with E-state index >= 15 is 0 Å². The zero-order valence-corrected chi connectivity index (χ0v) is 17.5. The van der Waals surface area contributed by atoms with Gasteiger partial charge in [0.2, 0.25) is 0 Å². The van der Waals surface area contributed by atoms with E-state index in [1.54, 1.807) is 13.1 Å². The van der Waals surface area contributed by atoms with E-state index in [9.17, 15) is 4.79 Å². The molecule has 1 unspecified atom stereocenters. The molecule has 3 N–H and O–H groups in total. The molecule has 0 saturated carbocycles. The van der Waals surface area contributed by atoms with Gasteiger partial charge in [-0.05, 0) is 38.3 Å². The average molecular weight is 401 g/mol. The molecule has 0 aliphatic rings. The Labute approximate surface area is 172 Å². The highest BCUT2D eigenvalue weighted by Crippen LogP contribution is 2.15. The molecule has 0 aliphatic carbocycles. The molecular weight excluding hydrogens is 368 g/mol. The lowest BCUT2D eigenvalue weighted by atomic mass is 10.1. The van der Waals surface area contributed by atoms with Gasteiger partial charge in [0.05, 0.1) is 12.4 Å². The van der Waals surface area contributed by atoms with Gasteiger partial charge in [-0.15, -0.1) is 0 Å². The van der Waals surface area contributed by atoms with Crippen molar-refractivity contribution in [1.82, 2.24) is 16.0 Å². The molecule has 0 fully saturated rings. The molecule has 1 aromatic heterocycles. The van der Waals surface area contributed by atoms with Crippen LogP contribution in [0.25, 0.3) is 0 Å². The second kappa shape index (κ2) is 12.6. The predicted octanol–water partition coefficient (Wildman–Crippen LogP) is 3.04. The quantitative estimate of drug-likeness (QED) is 0.307. The van der Waals surface area contributed by atoms with Crippen molar-refractivity contribution in [3.63, 3.8) is 0 Å². The Morgan fingerprint density at radius 3 is 2.41 bits per heavy atom. The Morgan fingerprint density at radius 2 is 1.76 bits per heavy atom. The van der Waals surface area contributed by atoms with Crippen LogP contribution in [0.2, 0.25) is 0 Å². The zero-order chi connectivity index (χ0) is 20.9. The van der Waals surface area contributed by atoms with E-state index in [1.807, 2.05) is 25.1 Å². The van der Waals surface area contributed by atoms with Gasteiger partial charge in [-0.1, -0.05) is 30.3 Å². The third-order valence-electron chi connectivity index (χ3n) is 4.47. The van der Waals surface area contributed by atoms with Gasteiger partial charge in [-0.3, -0.25) is 9.79 Å². The number of rotatable bonds is 11. The third kappa shape index (κ3) is 7.99. The van der Waals surface area contributed by atoms with E-state index in [0.717, 1.165) is 30.9 Å². The predicted molar refractivity (Wildman–Crippen MR) is 115 cm³/mol. The number of aryl methyl sites for hydroxylation is 1. The molecule has 2 aromatic rings. The van der Waals surface area contributed by atoms with Crippen LogP contribution in [0.15, 0.2) is 52.1 Å². The van der Waals surface area contributed by atoms with Crippen molar-refractivity contribution in [2.45, 2.75) is 32.8 Å². The van der Waals surface area contributed by atoms with Crippen molar-refractivity contribution < 1.29 is 13.9 Å². The number of amides is 1. The molecule has 1 aromatic carbocycles. The highest BCUT2D eigenvalue weighted by Gasteiger charge is 2.11. The number of benzene rings is 1. The summed E-state index contributed by atoms with van der Waals surface area (Å²) in [6, 6.07) is 12.0. The van der Waals surface area contributed by atoms with Crippen molar-refractivity contribution in [3.05, 3.63) is 59.5 Å². The van der Waals surface area contributed by atoms with Gasteiger partial charge in [0, 0.05) is 38.9 Å². The van der Waals surface area contributed by atoms with Crippen LogP contribution in [0, 0.1) is 6.92 Å². The number of guanidine groups is 1. The van der Waals surface area contributed by atoms with Crippen molar-refractivity contribution in [2.24, 2.45) is 4.99 Å². The Bertz CT molecular complexity index is 758. The van der Waals surface area contributed by atoms with Crippen LogP contribution in [0.5, 0.6) is 0 Å². The summed E-state index contributed by atoms with van der Waals surface area (Å²) < 4.78 is 11.0. The Kier molecular flexibility index (Phi) is 9.78. The zero-order valence-electron chi connectivity index (χ0n) is 17.5.